The molecule has 0 bridgehead atoms. The van der Waals surface area contributed by atoms with Crippen LogP contribution in [0.2, 0.25) is 0 Å². The topological polar surface area (TPSA) is 32.3 Å². The fourth-order valence-electron chi connectivity index (χ4n) is 2.86. The molecule has 1 aliphatic rings. The van der Waals surface area contributed by atoms with Crippen LogP contribution in [0.5, 0.6) is 0 Å². The summed E-state index contributed by atoms with van der Waals surface area (Å²) in [6, 6.07) is 2.25. The van der Waals surface area contributed by atoms with E-state index in [2.05, 4.69) is 31.0 Å². The van der Waals surface area contributed by atoms with Crippen LogP contribution < -0.4 is 5.32 Å². The number of piperidine rings is 1. The summed E-state index contributed by atoms with van der Waals surface area (Å²) in [7, 11) is 0. The molecule has 1 amide bonds. The number of nitrogens with one attached hydrogen (secondary N) is 1. The highest BCUT2D eigenvalue weighted by molar-refractivity contribution is 7.10. The number of aryl methyl sites for hydroxylation is 1. The molecule has 2 heterocycles. The van der Waals surface area contributed by atoms with E-state index in [1.807, 2.05) is 11.4 Å². The minimum absolute atomic E-state index is 0.0754. The zero-order chi connectivity index (χ0) is 15.2. The molecule has 4 heteroatoms. The average Bonchev–Trinajstić information content (AvgIpc) is 2.90. The molecule has 0 saturated carbocycles. The number of rotatable bonds is 6. The monoisotopic (exact) mass is 308 g/mol. The van der Waals surface area contributed by atoms with Crippen molar-refractivity contribution in [1.82, 2.24) is 10.2 Å². The molecule has 118 valence electrons. The predicted octanol–water partition coefficient (Wildman–Crippen LogP) is 3.55. The van der Waals surface area contributed by atoms with Gasteiger partial charge in [-0.15, -0.1) is 11.3 Å². The largest absolute Gasteiger partial charge is 0.348 e. The Morgan fingerprint density at radius 1 is 1.48 bits per heavy atom. The molecule has 2 rings (SSSR count). The van der Waals surface area contributed by atoms with E-state index in [4.69, 9.17) is 0 Å². The third-order valence-corrected chi connectivity index (χ3v) is 5.19. The fraction of sp³-hybridized carbons (Fsp3) is 0.706. The van der Waals surface area contributed by atoms with Gasteiger partial charge in [-0.3, -0.25) is 4.79 Å². The van der Waals surface area contributed by atoms with Crippen LogP contribution in [-0.2, 0) is 6.42 Å². The summed E-state index contributed by atoms with van der Waals surface area (Å²) < 4.78 is 0. The van der Waals surface area contributed by atoms with Gasteiger partial charge in [-0.2, -0.15) is 0 Å². The minimum Gasteiger partial charge on any atom is -0.348 e. The van der Waals surface area contributed by atoms with Gasteiger partial charge >= 0.3 is 0 Å². The van der Waals surface area contributed by atoms with E-state index in [9.17, 15) is 4.79 Å². The summed E-state index contributed by atoms with van der Waals surface area (Å²) in [5, 5.41) is 5.12. The lowest BCUT2D eigenvalue weighted by Gasteiger charge is -2.32. The van der Waals surface area contributed by atoms with Crippen molar-refractivity contribution in [3.63, 3.8) is 0 Å². The van der Waals surface area contributed by atoms with E-state index in [1.165, 1.54) is 30.8 Å². The predicted molar refractivity (Wildman–Crippen MR) is 90.1 cm³/mol. The van der Waals surface area contributed by atoms with Crippen molar-refractivity contribution in [2.24, 2.45) is 5.92 Å². The number of amides is 1. The van der Waals surface area contributed by atoms with Crippen LogP contribution in [0.25, 0.3) is 0 Å². The van der Waals surface area contributed by atoms with Crippen LogP contribution >= 0.6 is 11.3 Å². The highest BCUT2D eigenvalue weighted by Gasteiger charge is 2.19. The Balaban J connectivity index is 1.78. The summed E-state index contributed by atoms with van der Waals surface area (Å²) in [5.74, 6) is 0.931. The lowest BCUT2D eigenvalue weighted by atomic mass is 9.99. The third kappa shape index (κ3) is 5.11. The highest BCUT2D eigenvalue weighted by atomic mass is 32.1. The summed E-state index contributed by atoms with van der Waals surface area (Å²) in [6.07, 6.45) is 4.77. The molecule has 0 aromatic carbocycles. The lowest BCUT2D eigenvalue weighted by molar-refractivity contribution is 0.0922. The molecule has 0 unspecified atom stereocenters. The molecule has 1 saturated heterocycles. The maximum atomic E-state index is 12.2. The van der Waals surface area contributed by atoms with Crippen LogP contribution in [0.15, 0.2) is 11.4 Å². The van der Waals surface area contributed by atoms with Crippen molar-refractivity contribution < 1.29 is 4.79 Å². The number of nitrogens with zero attached hydrogens (tertiary/aromatic N) is 1. The number of carbonyl (C=O) groups excluding carboxylic acids is 1. The zero-order valence-electron chi connectivity index (χ0n) is 13.5. The van der Waals surface area contributed by atoms with E-state index in [0.29, 0.717) is 0 Å². The standard InChI is InChI=1S/C17H28N2OS/c1-4-5-16-10-15(12-21-16)17(20)18-14(3)11-19-8-6-13(2)7-9-19/h10,12-14H,4-9,11H2,1-3H3,(H,18,20)/t14-/m1/s1. The Hall–Kier alpha value is -0.870. The smallest absolute Gasteiger partial charge is 0.252 e. The molecular formula is C17H28N2OS. The van der Waals surface area contributed by atoms with Crippen LogP contribution in [0.1, 0.15) is 55.3 Å². The average molecular weight is 308 g/mol. The molecule has 1 aromatic heterocycles. The third-order valence-electron chi connectivity index (χ3n) is 4.20. The van der Waals surface area contributed by atoms with Crippen molar-refractivity contribution in [1.29, 1.82) is 0 Å². The first-order chi connectivity index (χ1) is 10.1. The Bertz CT molecular complexity index is 449. The van der Waals surface area contributed by atoms with E-state index in [0.717, 1.165) is 30.9 Å². The molecule has 1 N–H and O–H groups in total. The van der Waals surface area contributed by atoms with Crippen LogP contribution in [0.3, 0.4) is 0 Å². The molecule has 21 heavy (non-hydrogen) atoms. The normalized spacial score (nSPS) is 18.6. The van der Waals surface area contributed by atoms with Crippen molar-refractivity contribution >= 4 is 17.2 Å². The highest BCUT2D eigenvalue weighted by Crippen LogP contribution is 2.17. The number of likely N-dealkylation sites (tertiary alicyclic amines) is 1. The quantitative estimate of drug-likeness (QED) is 0.871. The molecule has 1 atom stereocenters. The van der Waals surface area contributed by atoms with Gasteiger partial charge < -0.3 is 10.2 Å². The first kappa shape index (κ1) is 16.5. The number of hydrogen-bond donors (Lipinski definition) is 1. The first-order valence-corrected chi connectivity index (χ1v) is 9.07. The lowest BCUT2D eigenvalue weighted by Crippen LogP contribution is -2.44. The Labute approximate surface area is 132 Å². The van der Waals surface area contributed by atoms with Gasteiger partial charge in [0.25, 0.3) is 5.91 Å². The first-order valence-electron chi connectivity index (χ1n) is 8.19. The van der Waals surface area contributed by atoms with Gasteiger partial charge in [0, 0.05) is 22.8 Å². The second-order valence-corrected chi connectivity index (χ2v) is 7.41. The fourth-order valence-corrected chi connectivity index (χ4v) is 3.83. The van der Waals surface area contributed by atoms with Crippen LogP contribution in [0.4, 0.5) is 0 Å². The molecule has 0 spiro atoms. The van der Waals surface area contributed by atoms with Crippen LogP contribution in [0, 0.1) is 5.92 Å². The maximum Gasteiger partial charge on any atom is 0.252 e. The maximum absolute atomic E-state index is 12.2. The Kier molecular flexibility index (Phi) is 6.24. The molecular weight excluding hydrogens is 280 g/mol. The Morgan fingerprint density at radius 2 is 2.19 bits per heavy atom. The number of thiophene rings is 1. The van der Waals surface area contributed by atoms with Gasteiger partial charge in [-0.1, -0.05) is 20.3 Å². The van der Waals surface area contributed by atoms with E-state index >= 15 is 0 Å². The van der Waals surface area contributed by atoms with Crippen molar-refractivity contribution in [3.8, 4) is 0 Å². The van der Waals surface area contributed by atoms with Gasteiger partial charge in [0.15, 0.2) is 0 Å². The van der Waals surface area contributed by atoms with E-state index < -0.39 is 0 Å². The van der Waals surface area contributed by atoms with Gasteiger partial charge in [0.1, 0.15) is 0 Å². The molecule has 0 aliphatic carbocycles. The summed E-state index contributed by atoms with van der Waals surface area (Å²) in [6.45, 7) is 9.90. The van der Waals surface area contributed by atoms with Crippen molar-refractivity contribution in [2.75, 3.05) is 19.6 Å². The molecule has 1 fully saturated rings. The van der Waals surface area contributed by atoms with E-state index in [1.54, 1.807) is 11.3 Å². The second-order valence-electron chi connectivity index (χ2n) is 6.41. The summed E-state index contributed by atoms with van der Waals surface area (Å²) in [4.78, 5) is 16.0. The van der Waals surface area contributed by atoms with Crippen molar-refractivity contribution in [3.05, 3.63) is 21.9 Å². The zero-order valence-corrected chi connectivity index (χ0v) is 14.3. The minimum atomic E-state index is 0.0754. The number of hydrogen-bond acceptors (Lipinski definition) is 3. The summed E-state index contributed by atoms with van der Waals surface area (Å²) >= 11 is 1.69. The van der Waals surface area contributed by atoms with Gasteiger partial charge in [0.2, 0.25) is 0 Å². The van der Waals surface area contributed by atoms with Gasteiger partial charge in [-0.25, -0.2) is 0 Å². The molecule has 0 radical (unpaired) electrons. The molecule has 3 nitrogen and oxygen atoms in total. The van der Waals surface area contributed by atoms with Gasteiger partial charge in [-0.05, 0) is 51.3 Å². The molecule has 1 aromatic rings. The molecule has 1 aliphatic heterocycles. The van der Waals surface area contributed by atoms with E-state index in [-0.39, 0.29) is 11.9 Å². The van der Waals surface area contributed by atoms with Crippen molar-refractivity contribution in [2.45, 2.75) is 52.5 Å². The second kappa shape index (κ2) is 7.95. The SMILES string of the molecule is CCCc1cc(C(=O)N[C@H](C)CN2CCC(C)CC2)cs1. The van der Waals surface area contributed by atoms with Crippen LogP contribution in [-0.4, -0.2) is 36.5 Å². The Morgan fingerprint density at radius 3 is 2.86 bits per heavy atom. The number of carbonyl (C=O) groups is 1. The summed E-state index contributed by atoms with van der Waals surface area (Å²) in [5.41, 5.74) is 0.822. The van der Waals surface area contributed by atoms with Gasteiger partial charge in [0.05, 0.1) is 5.56 Å².